The van der Waals surface area contributed by atoms with Crippen LogP contribution in [0.2, 0.25) is 0 Å². The molecule has 1 aliphatic rings. The van der Waals surface area contributed by atoms with Crippen molar-refractivity contribution in [3.8, 4) is 0 Å². The van der Waals surface area contributed by atoms with E-state index in [0.29, 0.717) is 25.9 Å². The Morgan fingerprint density at radius 1 is 1.48 bits per heavy atom. The van der Waals surface area contributed by atoms with Crippen molar-refractivity contribution in [1.82, 2.24) is 9.88 Å². The summed E-state index contributed by atoms with van der Waals surface area (Å²) in [6.07, 6.45) is 4.14. The Labute approximate surface area is 125 Å². The van der Waals surface area contributed by atoms with Gasteiger partial charge in [-0.1, -0.05) is 6.07 Å². The topological polar surface area (TPSA) is 59.5 Å². The number of pyridine rings is 1. The molecule has 1 aromatic heterocycles. The number of Topliss-reactive ketones (excluding diaryl/α,β-unsaturated/α-hetero) is 1. The third-order valence-electron chi connectivity index (χ3n) is 3.38. The van der Waals surface area contributed by atoms with Crippen LogP contribution >= 0.6 is 0 Å². The fourth-order valence-corrected chi connectivity index (χ4v) is 2.38. The van der Waals surface area contributed by atoms with E-state index in [9.17, 15) is 9.59 Å². The van der Waals surface area contributed by atoms with Gasteiger partial charge >= 0.3 is 6.09 Å². The van der Waals surface area contributed by atoms with E-state index in [1.807, 2.05) is 32.9 Å². The number of ether oxygens (including phenoxy) is 1. The number of rotatable bonds is 2. The third-order valence-corrected chi connectivity index (χ3v) is 3.38. The Morgan fingerprint density at radius 2 is 2.24 bits per heavy atom. The zero-order valence-corrected chi connectivity index (χ0v) is 12.8. The molecule has 21 heavy (non-hydrogen) atoms. The van der Waals surface area contributed by atoms with Crippen LogP contribution in [0, 0.1) is 5.92 Å². The van der Waals surface area contributed by atoms with Crippen molar-refractivity contribution in [2.24, 2.45) is 5.92 Å². The summed E-state index contributed by atoms with van der Waals surface area (Å²) >= 11 is 0. The van der Waals surface area contributed by atoms with Crippen LogP contribution in [0.25, 0.3) is 0 Å². The second-order valence-electron chi connectivity index (χ2n) is 6.40. The average Bonchev–Trinajstić information content (AvgIpc) is 2.40. The summed E-state index contributed by atoms with van der Waals surface area (Å²) < 4.78 is 5.37. The van der Waals surface area contributed by atoms with E-state index < -0.39 is 5.60 Å². The van der Waals surface area contributed by atoms with Crippen LogP contribution in [-0.4, -0.2) is 40.5 Å². The molecule has 1 aromatic rings. The molecule has 5 heteroatoms. The first kappa shape index (κ1) is 15.5. The van der Waals surface area contributed by atoms with Crippen LogP contribution in [0.1, 0.15) is 32.8 Å². The van der Waals surface area contributed by atoms with E-state index in [2.05, 4.69) is 4.98 Å². The minimum Gasteiger partial charge on any atom is -0.444 e. The molecule has 1 aliphatic heterocycles. The molecule has 0 saturated carbocycles. The van der Waals surface area contributed by atoms with Crippen molar-refractivity contribution in [1.29, 1.82) is 0 Å². The maximum atomic E-state index is 12.1. The number of carbonyl (C=O) groups excluding carboxylic acids is 2. The number of likely N-dealkylation sites (tertiary alicyclic amines) is 1. The van der Waals surface area contributed by atoms with Gasteiger partial charge in [0.25, 0.3) is 0 Å². The van der Waals surface area contributed by atoms with Gasteiger partial charge in [0.2, 0.25) is 0 Å². The van der Waals surface area contributed by atoms with E-state index in [-0.39, 0.29) is 17.8 Å². The summed E-state index contributed by atoms with van der Waals surface area (Å²) in [6.45, 7) is 6.38. The average molecular weight is 290 g/mol. The van der Waals surface area contributed by atoms with Gasteiger partial charge in [0, 0.05) is 37.8 Å². The van der Waals surface area contributed by atoms with Crippen molar-refractivity contribution in [3.05, 3.63) is 30.1 Å². The van der Waals surface area contributed by atoms with Crippen molar-refractivity contribution in [2.75, 3.05) is 13.1 Å². The van der Waals surface area contributed by atoms with Crippen LogP contribution < -0.4 is 0 Å². The van der Waals surface area contributed by atoms with Crippen molar-refractivity contribution >= 4 is 11.9 Å². The van der Waals surface area contributed by atoms with Gasteiger partial charge < -0.3 is 9.64 Å². The lowest BCUT2D eigenvalue weighted by molar-refractivity contribution is -0.125. The molecule has 1 atom stereocenters. The fourth-order valence-electron chi connectivity index (χ4n) is 2.38. The maximum absolute atomic E-state index is 12.1. The molecule has 2 heterocycles. The highest BCUT2D eigenvalue weighted by atomic mass is 16.6. The Balaban J connectivity index is 1.99. The van der Waals surface area contributed by atoms with Gasteiger partial charge in [-0.3, -0.25) is 9.78 Å². The smallest absolute Gasteiger partial charge is 0.410 e. The predicted molar refractivity (Wildman–Crippen MR) is 78.9 cm³/mol. The summed E-state index contributed by atoms with van der Waals surface area (Å²) in [5.41, 5.74) is 0.499. The van der Waals surface area contributed by atoms with E-state index in [4.69, 9.17) is 4.74 Å². The minimum absolute atomic E-state index is 0.171. The summed E-state index contributed by atoms with van der Waals surface area (Å²) in [5.74, 6) is 0.0362. The van der Waals surface area contributed by atoms with Crippen LogP contribution in [0.15, 0.2) is 24.5 Å². The molecule has 0 N–H and O–H groups in total. The Bertz CT molecular complexity index is 508. The van der Waals surface area contributed by atoms with Crippen LogP contribution in [0.3, 0.4) is 0 Å². The van der Waals surface area contributed by atoms with E-state index in [1.165, 1.54) is 0 Å². The summed E-state index contributed by atoms with van der Waals surface area (Å²) in [5, 5.41) is 0. The van der Waals surface area contributed by atoms with Gasteiger partial charge in [0.15, 0.2) is 0 Å². The van der Waals surface area contributed by atoms with Gasteiger partial charge in [-0.15, -0.1) is 0 Å². The highest BCUT2D eigenvalue weighted by Gasteiger charge is 2.32. The Hall–Kier alpha value is -1.91. The number of hydrogen-bond donors (Lipinski definition) is 0. The predicted octanol–water partition coefficient (Wildman–Crippen LogP) is 2.45. The highest BCUT2D eigenvalue weighted by molar-refractivity contribution is 5.84. The number of hydrogen-bond acceptors (Lipinski definition) is 4. The zero-order chi connectivity index (χ0) is 15.5. The first-order chi connectivity index (χ1) is 9.85. The lowest BCUT2D eigenvalue weighted by Crippen LogP contribution is -2.46. The lowest BCUT2D eigenvalue weighted by Gasteiger charge is -2.33. The number of amides is 1. The van der Waals surface area contributed by atoms with Gasteiger partial charge in [0.1, 0.15) is 11.4 Å². The number of carbonyl (C=O) groups is 2. The molecular weight excluding hydrogens is 268 g/mol. The summed E-state index contributed by atoms with van der Waals surface area (Å²) in [7, 11) is 0. The molecule has 5 nitrogen and oxygen atoms in total. The Morgan fingerprint density at radius 3 is 2.86 bits per heavy atom. The lowest BCUT2D eigenvalue weighted by atomic mass is 9.91. The SMILES string of the molecule is CC(C)(C)OC(=O)N1CCC(=O)C(Cc2cccnc2)C1. The first-order valence-corrected chi connectivity index (χ1v) is 7.25. The number of nitrogens with zero attached hydrogens (tertiary/aromatic N) is 2. The minimum atomic E-state index is -0.516. The van der Waals surface area contributed by atoms with Gasteiger partial charge in [-0.25, -0.2) is 4.79 Å². The van der Waals surface area contributed by atoms with E-state index >= 15 is 0 Å². The summed E-state index contributed by atoms with van der Waals surface area (Å²) in [6, 6.07) is 3.81. The second kappa shape index (κ2) is 6.24. The number of ketones is 1. The van der Waals surface area contributed by atoms with Gasteiger partial charge in [-0.05, 0) is 38.8 Å². The molecule has 0 aromatic carbocycles. The second-order valence-corrected chi connectivity index (χ2v) is 6.40. The van der Waals surface area contributed by atoms with Crippen molar-refractivity contribution in [2.45, 2.75) is 39.2 Å². The highest BCUT2D eigenvalue weighted by Crippen LogP contribution is 2.20. The van der Waals surface area contributed by atoms with Crippen molar-refractivity contribution in [3.63, 3.8) is 0 Å². The molecule has 1 amide bonds. The van der Waals surface area contributed by atoms with Crippen LogP contribution in [-0.2, 0) is 16.0 Å². The monoisotopic (exact) mass is 290 g/mol. The number of piperidine rings is 1. The zero-order valence-electron chi connectivity index (χ0n) is 12.8. The largest absolute Gasteiger partial charge is 0.444 e. The van der Waals surface area contributed by atoms with Gasteiger partial charge in [-0.2, -0.15) is 0 Å². The molecular formula is C16H22N2O3. The fraction of sp³-hybridized carbons (Fsp3) is 0.562. The Kier molecular flexibility index (Phi) is 4.60. The summed E-state index contributed by atoms with van der Waals surface area (Å²) in [4.78, 5) is 29.8. The normalized spacial score (nSPS) is 19.5. The molecule has 1 fully saturated rings. The molecule has 0 bridgehead atoms. The van der Waals surface area contributed by atoms with Gasteiger partial charge in [0.05, 0.1) is 0 Å². The molecule has 1 saturated heterocycles. The van der Waals surface area contributed by atoms with E-state index in [0.717, 1.165) is 5.56 Å². The standard InChI is InChI=1S/C16H22N2O3/c1-16(2,3)21-15(20)18-8-6-14(19)13(11-18)9-12-5-4-7-17-10-12/h4-5,7,10,13H,6,8-9,11H2,1-3H3. The molecule has 0 radical (unpaired) electrons. The molecule has 0 spiro atoms. The van der Waals surface area contributed by atoms with Crippen LogP contribution in [0.4, 0.5) is 4.79 Å². The quantitative estimate of drug-likeness (QED) is 0.839. The maximum Gasteiger partial charge on any atom is 0.410 e. The molecule has 2 rings (SSSR count). The first-order valence-electron chi connectivity index (χ1n) is 7.25. The molecule has 114 valence electrons. The van der Waals surface area contributed by atoms with E-state index in [1.54, 1.807) is 17.3 Å². The van der Waals surface area contributed by atoms with Crippen molar-refractivity contribution < 1.29 is 14.3 Å². The molecule has 1 unspecified atom stereocenters. The third kappa shape index (κ3) is 4.55. The molecule has 0 aliphatic carbocycles. The number of aromatic nitrogens is 1. The van der Waals surface area contributed by atoms with Crippen LogP contribution in [0.5, 0.6) is 0 Å².